The van der Waals surface area contributed by atoms with Gasteiger partial charge in [0.15, 0.2) is 0 Å². The quantitative estimate of drug-likeness (QED) is 0.885. The van der Waals surface area contributed by atoms with E-state index in [1.54, 1.807) is 0 Å². The Morgan fingerprint density at radius 3 is 2.58 bits per heavy atom. The summed E-state index contributed by atoms with van der Waals surface area (Å²) in [6, 6.07) is 4.20. The number of benzene rings is 1. The van der Waals surface area contributed by atoms with Gasteiger partial charge in [-0.1, -0.05) is 6.07 Å². The van der Waals surface area contributed by atoms with Crippen LogP contribution in [0.25, 0.3) is 0 Å². The highest BCUT2D eigenvalue weighted by Crippen LogP contribution is 2.23. The highest BCUT2D eigenvalue weighted by atomic mass is 16.5. The summed E-state index contributed by atoms with van der Waals surface area (Å²) in [5, 5.41) is 10.0. The number of aliphatic hydroxyl groups excluding tert-OH is 1. The summed E-state index contributed by atoms with van der Waals surface area (Å²) in [5.41, 5.74) is 3.61. The highest BCUT2D eigenvalue weighted by Gasteiger charge is 2.16. The lowest BCUT2D eigenvalue weighted by atomic mass is 10.1. The van der Waals surface area contributed by atoms with Crippen LogP contribution < -0.4 is 4.74 Å². The number of hydrogen-bond acceptors (Lipinski definition) is 3. The molecule has 106 valence electrons. The van der Waals surface area contributed by atoms with Crippen LogP contribution in [-0.4, -0.2) is 42.4 Å². The van der Waals surface area contributed by atoms with Crippen molar-refractivity contribution in [2.75, 3.05) is 26.2 Å². The second-order valence-corrected chi connectivity index (χ2v) is 5.68. The number of likely N-dealkylation sites (tertiary alicyclic amines) is 1. The van der Waals surface area contributed by atoms with Crippen molar-refractivity contribution in [3.63, 3.8) is 0 Å². The molecule has 0 aliphatic carbocycles. The zero-order valence-electron chi connectivity index (χ0n) is 12.3. The van der Waals surface area contributed by atoms with E-state index in [-0.39, 0.29) is 0 Å². The average molecular weight is 263 g/mol. The number of ether oxygens (including phenoxy) is 1. The lowest BCUT2D eigenvalue weighted by Crippen LogP contribution is -2.33. The van der Waals surface area contributed by atoms with Crippen molar-refractivity contribution in [3.05, 3.63) is 28.8 Å². The number of aryl methyl sites for hydroxylation is 2. The summed E-state index contributed by atoms with van der Waals surface area (Å²) in [5.74, 6) is 0.901. The number of β-amino-alcohol motifs (C(OH)–C–C–N with tert-alkyl or cyclic N) is 1. The van der Waals surface area contributed by atoms with Crippen LogP contribution in [0, 0.1) is 20.8 Å². The zero-order valence-corrected chi connectivity index (χ0v) is 12.3. The number of rotatable bonds is 5. The SMILES string of the molecule is Cc1cc(C)c(C)c(OCC(O)CN2CCCC2)c1. The largest absolute Gasteiger partial charge is 0.491 e. The van der Waals surface area contributed by atoms with Gasteiger partial charge in [-0.3, -0.25) is 0 Å². The van der Waals surface area contributed by atoms with Crippen molar-refractivity contribution in [3.8, 4) is 5.75 Å². The molecule has 1 aromatic carbocycles. The summed E-state index contributed by atoms with van der Waals surface area (Å²) in [6.07, 6.45) is 2.10. The number of nitrogens with zero attached hydrogens (tertiary/aromatic N) is 1. The van der Waals surface area contributed by atoms with Crippen LogP contribution in [0.5, 0.6) is 5.75 Å². The van der Waals surface area contributed by atoms with Crippen molar-refractivity contribution in [2.45, 2.75) is 39.7 Å². The van der Waals surface area contributed by atoms with Gasteiger partial charge in [-0.15, -0.1) is 0 Å². The molecule has 1 fully saturated rings. The standard InChI is InChI=1S/C16H25NO2/c1-12-8-13(2)14(3)16(9-12)19-11-15(18)10-17-6-4-5-7-17/h8-9,15,18H,4-7,10-11H2,1-3H3. The average Bonchev–Trinajstić information content (AvgIpc) is 2.84. The first-order valence-corrected chi connectivity index (χ1v) is 7.17. The fraction of sp³-hybridized carbons (Fsp3) is 0.625. The second kappa shape index (κ2) is 6.40. The lowest BCUT2D eigenvalue weighted by molar-refractivity contribution is 0.0755. The third kappa shape index (κ3) is 3.95. The van der Waals surface area contributed by atoms with Gasteiger partial charge in [-0.05, 0) is 69.5 Å². The smallest absolute Gasteiger partial charge is 0.122 e. The minimum atomic E-state index is -0.404. The molecule has 1 atom stereocenters. The molecule has 1 saturated heterocycles. The van der Waals surface area contributed by atoms with E-state index < -0.39 is 6.10 Å². The zero-order chi connectivity index (χ0) is 13.8. The number of hydrogen-bond donors (Lipinski definition) is 1. The van der Waals surface area contributed by atoms with E-state index in [4.69, 9.17) is 4.74 Å². The summed E-state index contributed by atoms with van der Waals surface area (Å²) in [4.78, 5) is 2.31. The van der Waals surface area contributed by atoms with Crippen LogP contribution in [0.15, 0.2) is 12.1 Å². The Balaban J connectivity index is 1.87. The van der Waals surface area contributed by atoms with Gasteiger partial charge in [-0.2, -0.15) is 0 Å². The van der Waals surface area contributed by atoms with Crippen molar-refractivity contribution in [2.24, 2.45) is 0 Å². The molecule has 0 radical (unpaired) electrons. The molecule has 19 heavy (non-hydrogen) atoms. The minimum Gasteiger partial charge on any atom is -0.491 e. The molecule has 1 aliphatic rings. The summed E-state index contributed by atoms with van der Waals surface area (Å²) >= 11 is 0. The topological polar surface area (TPSA) is 32.7 Å². The van der Waals surface area contributed by atoms with Gasteiger partial charge in [-0.25, -0.2) is 0 Å². The predicted octanol–water partition coefficient (Wildman–Crippen LogP) is 2.45. The molecule has 1 heterocycles. The molecule has 1 N–H and O–H groups in total. The van der Waals surface area contributed by atoms with Crippen LogP contribution in [-0.2, 0) is 0 Å². The normalized spacial score (nSPS) is 17.7. The van der Waals surface area contributed by atoms with Gasteiger partial charge < -0.3 is 14.7 Å². The molecule has 2 rings (SSSR count). The van der Waals surface area contributed by atoms with Crippen LogP contribution >= 0.6 is 0 Å². The molecule has 3 heteroatoms. The highest BCUT2D eigenvalue weighted by molar-refractivity contribution is 5.41. The Morgan fingerprint density at radius 2 is 1.89 bits per heavy atom. The Kier molecular flexibility index (Phi) is 4.83. The van der Waals surface area contributed by atoms with Gasteiger partial charge in [0.25, 0.3) is 0 Å². The van der Waals surface area contributed by atoms with Gasteiger partial charge in [0.1, 0.15) is 18.5 Å². The fourth-order valence-corrected chi connectivity index (χ4v) is 2.65. The fourth-order valence-electron chi connectivity index (χ4n) is 2.65. The van der Waals surface area contributed by atoms with Gasteiger partial charge in [0.05, 0.1) is 0 Å². The third-order valence-corrected chi connectivity index (χ3v) is 3.86. The van der Waals surface area contributed by atoms with E-state index in [9.17, 15) is 5.11 Å². The molecular weight excluding hydrogens is 238 g/mol. The first-order valence-electron chi connectivity index (χ1n) is 7.17. The van der Waals surface area contributed by atoms with E-state index >= 15 is 0 Å². The molecule has 0 spiro atoms. The van der Waals surface area contributed by atoms with Crippen molar-refractivity contribution < 1.29 is 9.84 Å². The molecule has 0 aromatic heterocycles. The van der Waals surface area contributed by atoms with E-state index in [2.05, 4.69) is 31.7 Å². The molecule has 3 nitrogen and oxygen atoms in total. The summed E-state index contributed by atoms with van der Waals surface area (Å²) < 4.78 is 5.79. The van der Waals surface area contributed by atoms with E-state index in [1.807, 2.05) is 6.07 Å². The Bertz CT molecular complexity index is 425. The van der Waals surface area contributed by atoms with Crippen LogP contribution in [0.1, 0.15) is 29.5 Å². The third-order valence-electron chi connectivity index (χ3n) is 3.86. The van der Waals surface area contributed by atoms with Crippen molar-refractivity contribution in [1.82, 2.24) is 4.90 Å². The maximum absolute atomic E-state index is 10.0. The van der Waals surface area contributed by atoms with E-state index in [1.165, 1.54) is 29.5 Å². The van der Waals surface area contributed by atoms with Crippen molar-refractivity contribution in [1.29, 1.82) is 0 Å². The molecule has 1 aromatic rings. The molecule has 0 bridgehead atoms. The molecule has 1 unspecified atom stereocenters. The Hall–Kier alpha value is -1.06. The molecule has 0 amide bonds. The van der Waals surface area contributed by atoms with Gasteiger partial charge in [0.2, 0.25) is 0 Å². The summed E-state index contributed by atoms with van der Waals surface area (Å²) in [6.45, 7) is 9.55. The molecule has 0 saturated carbocycles. The summed E-state index contributed by atoms with van der Waals surface area (Å²) in [7, 11) is 0. The first-order chi connectivity index (χ1) is 9.06. The monoisotopic (exact) mass is 263 g/mol. The van der Waals surface area contributed by atoms with Crippen LogP contribution in [0.4, 0.5) is 0 Å². The maximum atomic E-state index is 10.0. The minimum absolute atomic E-state index is 0.375. The second-order valence-electron chi connectivity index (χ2n) is 5.68. The van der Waals surface area contributed by atoms with Crippen LogP contribution in [0.2, 0.25) is 0 Å². The lowest BCUT2D eigenvalue weighted by Gasteiger charge is -2.20. The predicted molar refractivity (Wildman–Crippen MR) is 77.8 cm³/mol. The molecular formula is C16H25NO2. The Morgan fingerprint density at radius 1 is 1.21 bits per heavy atom. The first kappa shape index (κ1) is 14.4. The van der Waals surface area contributed by atoms with E-state index in [0.29, 0.717) is 6.61 Å². The molecule has 1 aliphatic heterocycles. The van der Waals surface area contributed by atoms with E-state index in [0.717, 1.165) is 25.4 Å². The maximum Gasteiger partial charge on any atom is 0.122 e. The van der Waals surface area contributed by atoms with Crippen molar-refractivity contribution >= 4 is 0 Å². The Labute approximate surface area is 116 Å². The van der Waals surface area contributed by atoms with Gasteiger partial charge in [0, 0.05) is 6.54 Å². The number of aliphatic hydroxyl groups is 1. The van der Waals surface area contributed by atoms with Gasteiger partial charge >= 0.3 is 0 Å². The van der Waals surface area contributed by atoms with Crippen LogP contribution in [0.3, 0.4) is 0 Å².